The van der Waals surface area contributed by atoms with Crippen LogP contribution < -0.4 is 20.7 Å². The summed E-state index contributed by atoms with van der Waals surface area (Å²) in [6.07, 6.45) is 1.28. The van der Waals surface area contributed by atoms with Crippen LogP contribution in [0.25, 0.3) is 21.9 Å². The Morgan fingerprint density at radius 2 is 1.19 bits per heavy atom. The fraction of sp³-hybridized carbons (Fsp3) is 0.400. The van der Waals surface area contributed by atoms with Crippen LogP contribution in [0.2, 0.25) is 0 Å². The molecule has 7 rings (SSSR count). The first kappa shape index (κ1) is 21.7. The second-order valence-corrected chi connectivity index (χ2v) is 11.6. The van der Waals surface area contributed by atoms with E-state index >= 15 is 0 Å². The monoisotopic (exact) mass is 484 g/mol. The normalized spacial score (nSPS) is 27.5. The molecule has 0 radical (unpaired) electrons. The van der Waals surface area contributed by atoms with Gasteiger partial charge in [-0.25, -0.2) is 9.59 Å². The standard InChI is InChI=1S/C30H28O6/c1-14-8-6-10-18-20(14)25-22(27(31)33-18)16-12-30(5)13-17(24(16)29(3,4)35-25)23-26(36-30)21-15(2)9-7-11-19(21)34-28(23)32/h6-11,16-17,24H,12-13H2,1-5H3/t16-,17+,24+,30+/m0/s1. The average molecular weight is 485 g/mol. The van der Waals surface area contributed by atoms with Crippen LogP contribution in [0, 0.1) is 19.8 Å². The molecule has 4 atom stereocenters. The Hall–Kier alpha value is -3.54. The minimum Gasteiger partial charge on any atom is -0.486 e. The quantitative estimate of drug-likeness (QED) is 0.280. The lowest BCUT2D eigenvalue weighted by molar-refractivity contribution is -0.0807. The van der Waals surface area contributed by atoms with Gasteiger partial charge in [-0.15, -0.1) is 0 Å². The first-order valence-corrected chi connectivity index (χ1v) is 12.6. The maximum absolute atomic E-state index is 13.4. The molecule has 0 amide bonds. The van der Waals surface area contributed by atoms with E-state index < -0.39 is 11.2 Å². The smallest absolute Gasteiger partial charge is 0.343 e. The van der Waals surface area contributed by atoms with E-state index in [2.05, 4.69) is 20.8 Å². The number of aryl methyl sites for hydroxylation is 2. The van der Waals surface area contributed by atoms with Gasteiger partial charge in [0.15, 0.2) is 0 Å². The molecule has 1 saturated carbocycles. The van der Waals surface area contributed by atoms with Crippen molar-refractivity contribution in [3.05, 3.63) is 79.5 Å². The number of benzene rings is 2. The van der Waals surface area contributed by atoms with E-state index in [4.69, 9.17) is 18.3 Å². The van der Waals surface area contributed by atoms with Crippen LogP contribution in [0.4, 0.5) is 0 Å². The van der Waals surface area contributed by atoms with E-state index in [-0.39, 0.29) is 29.0 Å². The molecule has 1 aliphatic carbocycles. The maximum Gasteiger partial charge on any atom is 0.343 e. The van der Waals surface area contributed by atoms with Crippen LogP contribution in [0.5, 0.6) is 11.5 Å². The van der Waals surface area contributed by atoms with E-state index in [1.54, 1.807) is 6.07 Å². The number of hydrogen-bond donors (Lipinski definition) is 0. The molecular weight excluding hydrogens is 456 g/mol. The van der Waals surface area contributed by atoms with Gasteiger partial charge in [0.1, 0.15) is 33.9 Å². The van der Waals surface area contributed by atoms with Gasteiger partial charge in [-0.3, -0.25) is 0 Å². The molecule has 0 unspecified atom stereocenters. The summed E-state index contributed by atoms with van der Waals surface area (Å²) in [4.78, 5) is 26.9. The van der Waals surface area contributed by atoms with Crippen LogP contribution in [0.3, 0.4) is 0 Å². The summed E-state index contributed by atoms with van der Waals surface area (Å²) in [5.74, 6) is 0.727. The van der Waals surface area contributed by atoms with Crippen molar-refractivity contribution >= 4 is 21.9 Å². The SMILES string of the molecule is Cc1cccc2oc(=O)c3c(c12)O[C@@]1(C)C[C@H]3[C@H]2[C@@H](C1)c1c(c3c(C)cccc3oc1=O)OC2(C)C. The van der Waals surface area contributed by atoms with Crippen LogP contribution in [-0.4, -0.2) is 11.2 Å². The maximum atomic E-state index is 13.4. The van der Waals surface area contributed by atoms with Crippen molar-refractivity contribution in [2.45, 2.75) is 70.5 Å². The molecule has 0 saturated heterocycles. The molecule has 0 N–H and O–H groups in total. The third kappa shape index (κ3) is 2.73. The summed E-state index contributed by atoms with van der Waals surface area (Å²) in [5.41, 5.74) is 2.22. The summed E-state index contributed by atoms with van der Waals surface area (Å²) in [7, 11) is 0. The molecule has 2 aromatic carbocycles. The van der Waals surface area contributed by atoms with Crippen molar-refractivity contribution in [1.29, 1.82) is 0 Å². The molecule has 6 nitrogen and oxygen atoms in total. The van der Waals surface area contributed by atoms with Crippen molar-refractivity contribution in [3.8, 4) is 11.5 Å². The van der Waals surface area contributed by atoms with Gasteiger partial charge >= 0.3 is 11.3 Å². The highest BCUT2D eigenvalue weighted by Crippen LogP contribution is 2.62. The highest BCUT2D eigenvalue weighted by atomic mass is 16.5. The van der Waals surface area contributed by atoms with E-state index in [9.17, 15) is 9.59 Å². The fourth-order valence-corrected chi connectivity index (χ4v) is 7.39. The molecule has 2 aromatic heterocycles. The Labute approximate surface area is 207 Å². The lowest BCUT2D eigenvalue weighted by atomic mass is 9.56. The zero-order chi connectivity index (χ0) is 25.1. The summed E-state index contributed by atoms with van der Waals surface area (Å²) < 4.78 is 25.1. The van der Waals surface area contributed by atoms with Crippen molar-refractivity contribution in [1.82, 2.24) is 0 Å². The van der Waals surface area contributed by atoms with Crippen LogP contribution in [0.1, 0.15) is 67.7 Å². The molecule has 36 heavy (non-hydrogen) atoms. The van der Waals surface area contributed by atoms with Gasteiger partial charge in [0.05, 0.1) is 21.9 Å². The van der Waals surface area contributed by atoms with E-state index in [0.717, 1.165) is 21.9 Å². The molecule has 2 aliphatic heterocycles. The van der Waals surface area contributed by atoms with Gasteiger partial charge in [0, 0.05) is 17.8 Å². The topological polar surface area (TPSA) is 78.9 Å². The van der Waals surface area contributed by atoms with E-state index in [0.29, 0.717) is 46.6 Å². The highest BCUT2D eigenvalue weighted by molar-refractivity contribution is 5.89. The number of rotatable bonds is 0. The summed E-state index contributed by atoms with van der Waals surface area (Å²) in [5, 5.41) is 1.68. The molecule has 0 spiro atoms. The zero-order valence-electron chi connectivity index (χ0n) is 21.1. The third-order valence-corrected chi connectivity index (χ3v) is 8.69. The minimum absolute atomic E-state index is 0.130. The van der Waals surface area contributed by atoms with Gasteiger partial charge in [0.2, 0.25) is 0 Å². The number of hydrogen-bond acceptors (Lipinski definition) is 6. The molecule has 2 bridgehead atoms. The summed E-state index contributed by atoms with van der Waals surface area (Å²) in [6, 6.07) is 11.4. The van der Waals surface area contributed by atoms with Crippen molar-refractivity contribution in [3.63, 3.8) is 0 Å². The van der Waals surface area contributed by atoms with E-state index in [1.165, 1.54) is 0 Å². The summed E-state index contributed by atoms with van der Waals surface area (Å²) >= 11 is 0. The van der Waals surface area contributed by atoms with Gasteiger partial charge in [-0.2, -0.15) is 0 Å². The molecular formula is C30H28O6. The van der Waals surface area contributed by atoms with Gasteiger partial charge in [-0.05, 0) is 70.7 Å². The second-order valence-electron chi connectivity index (χ2n) is 11.6. The highest BCUT2D eigenvalue weighted by Gasteiger charge is 2.59. The van der Waals surface area contributed by atoms with Crippen LogP contribution in [0.15, 0.2) is 54.8 Å². The Morgan fingerprint density at radius 3 is 1.69 bits per heavy atom. The van der Waals surface area contributed by atoms with Crippen LogP contribution >= 0.6 is 0 Å². The lowest BCUT2D eigenvalue weighted by Crippen LogP contribution is -2.58. The molecule has 184 valence electrons. The Morgan fingerprint density at radius 1 is 0.722 bits per heavy atom. The Bertz CT molecular complexity index is 1620. The Balaban J connectivity index is 1.53. The van der Waals surface area contributed by atoms with Gasteiger partial charge in [-0.1, -0.05) is 24.3 Å². The molecule has 3 aliphatic rings. The summed E-state index contributed by atoms with van der Waals surface area (Å²) in [6.45, 7) is 10.2. The minimum atomic E-state index is -0.644. The van der Waals surface area contributed by atoms with Gasteiger partial charge in [0.25, 0.3) is 0 Å². The fourth-order valence-electron chi connectivity index (χ4n) is 7.39. The largest absolute Gasteiger partial charge is 0.486 e. The second kappa shape index (κ2) is 6.81. The number of fused-ring (bicyclic) bond motifs is 12. The molecule has 1 fully saturated rings. The van der Waals surface area contributed by atoms with Crippen molar-refractivity contribution in [2.24, 2.45) is 5.92 Å². The molecule has 4 heterocycles. The lowest BCUT2D eigenvalue weighted by Gasteiger charge is -2.56. The molecule has 4 aromatic rings. The Kier molecular flexibility index (Phi) is 4.11. The van der Waals surface area contributed by atoms with Crippen molar-refractivity contribution in [2.75, 3.05) is 0 Å². The first-order chi connectivity index (χ1) is 17.1. The number of ether oxygens (including phenoxy) is 2. The van der Waals surface area contributed by atoms with E-state index in [1.807, 2.05) is 44.2 Å². The third-order valence-electron chi connectivity index (χ3n) is 8.69. The van der Waals surface area contributed by atoms with Gasteiger partial charge < -0.3 is 18.3 Å². The predicted molar refractivity (Wildman–Crippen MR) is 136 cm³/mol. The van der Waals surface area contributed by atoms with Crippen molar-refractivity contribution < 1.29 is 18.3 Å². The molecule has 6 heteroatoms. The zero-order valence-corrected chi connectivity index (χ0v) is 21.1. The first-order valence-electron chi connectivity index (χ1n) is 12.6. The average Bonchev–Trinajstić information content (AvgIpc) is 2.77. The predicted octanol–water partition coefficient (Wildman–Crippen LogP) is 6.12. The van der Waals surface area contributed by atoms with Crippen LogP contribution in [-0.2, 0) is 0 Å².